The highest BCUT2D eigenvalue weighted by atomic mass is 19.1. The quantitative estimate of drug-likeness (QED) is 0.444. The van der Waals surface area contributed by atoms with Gasteiger partial charge in [0.25, 0.3) is 0 Å². The second-order valence-corrected chi connectivity index (χ2v) is 7.61. The lowest BCUT2D eigenvalue weighted by Crippen LogP contribution is -2.14. The molecule has 0 spiro atoms. The molecule has 0 N–H and O–H groups in total. The van der Waals surface area contributed by atoms with Gasteiger partial charge in [-0.2, -0.15) is 0 Å². The molecule has 0 amide bonds. The zero-order valence-electron chi connectivity index (χ0n) is 17.7. The first-order valence-electron chi connectivity index (χ1n) is 11.1. The summed E-state index contributed by atoms with van der Waals surface area (Å²) in [6.07, 6.45) is 9.77. The third-order valence-electron chi connectivity index (χ3n) is 5.96. The summed E-state index contributed by atoms with van der Waals surface area (Å²) in [5.74, 6) is 1.08. The Hall–Kier alpha value is -1.63. The zero-order valence-corrected chi connectivity index (χ0v) is 17.7. The molecule has 1 aliphatic rings. The maximum Gasteiger partial charge on any atom is 0.123 e. The fourth-order valence-electron chi connectivity index (χ4n) is 4.52. The largest absolute Gasteiger partial charge is 0.207 e. The first-order valence-corrected chi connectivity index (χ1v) is 11.1. The number of aryl methyl sites for hydroxylation is 3. The van der Waals surface area contributed by atoms with E-state index in [4.69, 9.17) is 0 Å². The van der Waals surface area contributed by atoms with E-state index in [0.29, 0.717) is 11.8 Å². The van der Waals surface area contributed by atoms with Crippen LogP contribution >= 0.6 is 0 Å². The molecule has 0 aromatic heterocycles. The highest BCUT2D eigenvalue weighted by Gasteiger charge is 2.21. The van der Waals surface area contributed by atoms with Crippen LogP contribution in [0, 0.1) is 11.7 Å². The van der Waals surface area contributed by atoms with Crippen molar-refractivity contribution in [3.63, 3.8) is 0 Å². The van der Waals surface area contributed by atoms with Gasteiger partial charge < -0.3 is 0 Å². The van der Waals surface area contributed by atoms with E-state index in [1.807, 2.05) is 26.0 Å². The minimum atomic E-state index is -0.134. The molecule has 27 heavy (non-hydrogen) atoms. The predicted octanol–water partition coefficient (Wildman–Crippen LogP) is 7.88. The van der Waals surface area contributed by atoms with Crippen molar-refractivity contribution in [2.45, 2.75) is 85.0 Å². The topological polar surface area (TPSA) is 0 Å². The fraction of sp³-hybridized carbons (Fsp3) is 0.538. The third kappa shape index (κ3) is 5.92. The number of fused-ring (bicyclic) bond motifs is 1. The summed E-state index contributed by atoms with van der Waals surface area (Å²) in [5.41, 5.74) is 5.94. The summed E-state index contributed by atoms with van der Waals surface area (Å²) in [4.78, 5) is 0. The van der Waals surface area contributed by atoms with Crippen LogP contribution in [0.25, 0.3) is 0 Å². The van der Waals surface area contributed by atoms with Gasteiger partial charge in [0.15, 0.2) is 0 Å². The molecule has 2 aromatic carbocycles. The van der Waals surface area contributed by atoms with Crippen molar-refractivity contribution in [2.24, 2.45) is 5.92 Å². The molecule has 0 saturated heterocycles. The van der Waals surface area contributed by atoms with Gasteiger partial charge in [-0.15, -0.1) is 0 Å². The van der Waals surface area contributed by atoms with Crippen LogP contribution in [-0.4, -0.2) is 0 Å². The Bertz CT molecular complexity index is 671. The zero-order chi connectivity index (χ0) is 19.6. The van der Waals surface area contributed by atoms with Crippen molar-refractivity contribution in [3.05, 3.63) is 70.5 Å². The molecule has 0 bridgehead atoms. The number of hydrogen-bond donors (Lipinski definition) is 0. The van der Waals surface area contributed by atoms with Crippen LogP contribution in [-0.2, 0) is 19.3 Å². The van der Waals surface area contributed by atoms with Crippen molar-refractivity contribution in [1.29, 1.82) is 0 Å². The molecule has 0 radical (unpaired) electrons. The molecule has 1 unspecified atom stereocenters. The predicted molar refractivity (Wildman–Crippen MR) is 116 cm³/mol. The van der Waals surface area contributed by atoms with Crippen LogP contribution in [0.2, 0.25) is 0 Å². The van der Waals surface area contributed by atoms with Gasteiger partial charge in [0.2, 0.25) is 0 Å². The third-order valence-corrected chi connectivity index (χ3v) is 5.96. The lowest BCUT2D eigenvalue weighted by Gasteiger charge is -2.27. The van der Waals surface area contributed by atoms with Crippen molar-refractivity contribution in [3.8, 4) is 0 Å². The first-order chi connectivity index (χ1) is 13.2. The van der Waals surface area contributed by atoms with Crippen LogP contribution in [0.4, 0.5) is 4.39 Å². The second kappa shape index (κ2) is 11.3. The number of rotatable bonds is 8. The Labute approximate surface area is 166 Å². The van der Waals surface area contributed by atoms with Crippen molar-refractivity contribution in [2.75, 3.05) is 0 Å². The van der Waals surface area contributed by atoms with Gasteiger partial charge in [0.1, 0.15) is 5.82 Å². The average Bonchev–Trinajstić information content (AvgIpc) is 3.18. The van der Waals surface area contributed by atoms with Crippen LogP contribution in [0.1, 0.15) is 88.0 Å². The molecule has 1 heteroatoms. The molecule has 3 rings (SSSR count). The SMILES string of the molecule is CC.CCC[C@@H](c1ccc(F)cc1)C(CC)CCc1ccc2c(c1)CCC2. The molecule has 2 atom stereocenters. The van der Waals surface area contributed by atoms with E-state index < -0.39 is 0 Å². The highest BCUT2D eigenvalue weighted by molar-refractivity contribution is 5.35. The Morgan fingerprint density at radius 3 is 2.26 bits per heavy atom. The van der Waals surface area contributed by atoms with E-state index in [2.05, 4.69) is 32.0 Å². The lowest BCUT2D eigenvalue weighted by molar-refractivity contribution is 0.363. The van der Waals surface area contributed by atoms with Crippen molar-refractivity contribution in [1.82, 2.24) is 0 Å². The molecule has 0 heterocycles. The monoisotopic (exact) mass is 368 g/mol. The van der Waals surface area contributed by atoms with E-state index >= 15 is 0 Å². The number of hydrogen-bond acceptors (Lipinski definition) is 0. The Morgan fingerprint density at radius 1 is 0.889 bits per heavy atom. The Kier molecular flexibility index (Phi) is 9.04. The normalized spacial score (nSPS) is 14.9. The maximum atomic E-state index is 13.3. The van der Waals surface area contributed by atoms with Crippen LogP contribution in [0.5, 0.6) is 0 Å². The summed E-state index contributed by atoms with van der Waals surface area (Å²) in [5, 5.41) is 0. The molecule has 0 nitrogen and oxygen atoms in total. The van der Waals surface area contributed by atoms with Crippen LogP contribution in [0.3, 0.4) is 0 Å². The molecule has 0 aliphatic heterocycles. The molecule has 148 valence electrons. The summed E-state index contributed by atoms with van der Waals surface area (Å²) >= 11 is 0. The van der Waals surface area contributed by atoms with E-state index in [1.54, 1.807) is 23.3 Å². The summed E-state index contributed by atoms with van der Waals surface area (Å²) in [6.45, 7) is 8.56. The number of benzene rings is 2. The van der Waals surface area contributed by atoms with Gasteiger partial charge in [-0.05, 0) is 84.7 Å². The molecule has 0 fully saturated rings. The average molecular weight is 369 g/mol. The van der Waals surface area contributed by atoms with Gasteiger partial charge >= 0.3 is 0 Å². The van der Waals surface area contributed by atoms with Gasteiger partial charge in [-0.25, -0.2) is 4.39 Å². The minimum absolute atomic E-state index is 0.134. The lowest BCUT2D eigenvalue weighted by atomic mass is 9.78. The van der Waals surface area contributed by atoms with E-state index in [1.165, 1.54) is 56.1 Å². The van der Waals surface area contributed by atoms with Gasteiger partial charge in [0.05, 0.1) is 0 Å². The van der Waals surface area contributed by atoms with Gasteiger partial charge in [-0.3, -0.25) is 0 Å². The van der Waals surface area contributed by atoms with E-state index in [0.717, 1.165) is 6.42 Å². The fourth-order valence-corrected chi connectivity index (χ4v) is 4.52. The molecular weight excluding hydrogens is 331 g/mol. The van der Waals surface area contributed by atoms with Gasteiger partial charge in [0, 0.05) is 0 Å². The highest BCUT2D eigenvalue weighted by Crippen LogP contribution is 2.35. The summed E-state index contributed by atoms with van der Waals surface area (Å²) in [7, 11) is 0. The van der Waals surface area contributed by atoms with Gasteiger partial charge in [-0.1, -0.05) is 70.9 Å². The maximum absolute atomic E-state index is 13.3. The standard InChI is InChI=1S/C24H31F.C2H6/c1-3-6-24(21-13-15-23(25)16-14-21)19(4-2)11-9-18-10-12-20-7-5-8-22(20)17-18;1-2/h10,12-17,19,24H,3-9,11H2,1-2H3;1-2H3/t19?,24-;/m1./s1. The van der Waals surface area contributed by atoms with E-state index in [9.17, 15) is 4.39 Å². The first kappa shape index (κ1) is 21.7. The smallest absolute Gasteiger partial charge is 0.123 e. The minimum Gasteiger partial charge on any atom is -0.207 e. The molecule has 0 saturated carbocycles. The van der Waals surface area contributed by atoms with Crippen LogP contribution in [0.15, 0.2) is 42.5 Å². The summed E-state index contributed by atoms with van der Waals surface area (Å²) in [6, 6.07) is 14.4. The van der Waals surface area contributed by atoms with Crippen LogP contribution < -0.4 is 0 Å². The second-order valence-electron chi connectivity index (χ2n) is 7.61. The Morgan fingerprint density at radius 2 is 1.59 bits per heavy atom. The van der Waals surface area contributed by atoms with Crippen molar-refractivity contribution < 1.29 is 4.39 Å². The summed E-state index contributed by atoms with van der Waals surface area (Å²) < 4.78 is 13.3. The molecular formula is C26H37F. The number of halogens is 1. The van der Waals surface area contributed by atoms with Crippen molar-refractivity contribution >= 4 is 0 Å². The van der Waals surface area contributed by atoms with E-state index in [-0.39, 0.29) is 5.82 Å². The Balaban J connectivity index is 0.00000126. The molecule has 2 aromatic rings. The molecule has 1 aliphatic carbocycles.